The van der Waals surface area contributed by atoms with E-state index in [4.69, 9.17) is 9.15 Å². The third-order valence-corrected chi connectivity index (χ3v) is 5.17. The standard InChI is InChI=1S/C20H18O5S/c1-14-7-9-16(10-8-14)26(23)18-11-12-24-20(18)17(21)13-19(22)25-15-5-3-2-4-6-15/h2-12,17,21H,13H2,1H3/t17-,26+/m1/s1. The molecule has 0 saturated heterocycles. The van der Waals surface area contributed by atoms with E-state index in [9.17, 15) is 14.1 Å². The quantitative estimate of drug-likeness (QED) is 0.528. The van der Waals surface area contributed by atoms with Crippen LogP contribution in [0.3, 0.4) is 0 Å². The summed E-state index contributed by atoms with van der Waals surface area (Å²) in [5, 5.41) is 10.3. The third-order valence-electron chi connectivity index (χ3n) is 3.73. The second-order valence-corrected chi connectivity index (χ2v) is 7.19. The summed E-state index contributed by atoms with van der Waals surface area (Å²) in [5.41, 5.74) is 1.06. The van der Waals surface area contributed by atoms with E-state index >= 15 is 0 Å². The van der Waals surface area contributed by atoms with Gasteiger partial charge in [0.2, 0.25) is 0 Å². The number of hydrogen-bond acceptors (Lipinski definition) is 5. The van der Waals surface area contributed by atoms with E-state index in [1.54, 1.807) is 36.4 Å². The molecule has 1 heterocycles. The van der Waals surface area contributed by atoms with Crippen LogP contribution < -0.4 is 4.74 Å². The Morgan fingerprint density at radius 3 is 2.50 bits per heavy atom. The number of aliphatic hydroxyl groups is 1. The maximum atomic E-state index is 12.7. The predicted octanol–water partition coefficient (Wildman–Crippen LogP) is 3.78. The number of carbonyl (C=O) groups excluding carboxylic acids is 1. The summed E-state index contributed by atoms with van der Waals surface area (Å²) in [6.07, 6.45) is -0.200. The molecule has 3 aromatic rings. The fourth-order valence-electron chi connectivity index (χ4n) is 2.41. The lowest BCUT2D eigenvalue weighted by Crippen LogP contribution is -2.13. The summed E-state index contributed by atoms with van der Waals surface area (Å²) in [6.45, 7) is 1.94. The molecule has 0 aliphatic rings. The third kappa shape index (κ3) is 4.28. The number of rotatable bonds is 6. The van der Waals surface area contributed by atoms with Crippen molar-refractivity contribution in [3.05, 3.63) is 78.3 Å². The highest BCUT2D eigenvalue weighted by Crippen LogP contribution is 2.28. The van der Waals surface area contributed by atoms with Crippen molar-refractivity contribution < 1.29 is 23.3 Å². The number of para-hydroxylation sites is 1. The first kappa shape index (κ1) is 18.1. The van der Waals surface area contributed by atoms with E-state index in [0.29, 0.717) is 15.5 Å². The number of carbonyl (C=O) groups is 1. The Balaban J connectivity index is 1.72. The lowest BCUT2D eigenvalue weighted by Gasteiger charge is -2.10. The zero-order chi connectivity index (χ0) is 18.5. The number of ether oxygens (including phenoxy) is 1. The normalized spacial score (nSPS) is 13.2. The SMILES string of the molecule is Cc1ccc([S@](=O)c2ccoc2[C@H](O)CC(=O)Oc2ccccc2)cc1. The Hall–Kier alpha value is -2.70. The van der Waals surface area contributed by atoms with Gasteiger partial charge in [-0.05, 0) is 37.3 Å². The van der Waals surface area contributed by atoms with Crippen molar-refractivity contribution in [3.63, 3.8) is 0 Å². The van der Waals surface area contributed by atoms with Crippen LogP contribution in [0.15, 0.2) is 81.1 Å². The first-order valence-electron chi connectivity index (χ1n) is 8.04. The molecule has 2 atom stereocenters. The minimum absolute atomic E-state index is 0.105. The molecule has 134 valence electrons. The molecule has 0 aliphatic carbocycles. The molecule has 26 heavy (non-hydrogen) atoms. The van der Waals surface area contributed by atoms with Gasteiger partial charge in [0.15, 0.2) is 0 Å². The number of benzene rings is 2. The monoisotopic (exact) mass is 370 g/mol. The zero-order valence-corrected chi connectivity index (χ0v) is 14.9. The van der Waals surface area contributed by atoms with Crippen LogP contribution >= 0.6 is 0 Å². The highest BCUT2D eigenvalue weighted by atomic mass is 32.2. The van der Waals surface area contributed by atoms with Gasteiger partial charge in [-0.3, -0.25) is 4.79 Å². The predicted molar refractivity (Wildman–Crippen MR) is 96.2 cm³/mol. The van der Waals surface area contributed by atoms with Gasteiger partial charge in [-0.1, -0.05) is 35.9 Å². The van der Waals surface area contributed by atoms with Crippen LogP contribution in [0.25, 0.3) is 0 Å². The highest BCUT2D eigenvalue weighted by molar-refractivity contribution is 7.85. The lowest BCUT2D eigenvalue weighted by atomic mass is 10.2. The van der Waals surface area contributed by atoms with E-state index in [1.165, 1.54) is 12.3 Å². The summed E-state index contributed by atoms with van der Waals surface area (Å²) in [6, 6.07) is 17.4. The minimum atomic E-state index is -1.51. The smallest absolute Gasteiger partial charge is 0.314 e. The van der Waals surface area contributed by atoms with Crippen LogP contribution in [-0.4, -0.2) is 15.3 Å². The Morgan fingerprint density at radius 2 is 1.81 bits per heavy atom. The maximum absolute atomic E-state index is 12.7. The summed E-state index contributed by atoms with van der Waals surface area (Å²) >= 11 is 0. The molecule has 2 aromatic carbocycles. The second kappa shape index (κ2) is 8.12. The average Bonchev–Trinajstić information content (AvgIpc) is 3.12. The molecule has 0 bridgehead atoms. The van der Waals surface area contributed by atoms with Gasteiger partial charge in [-0.25, -0.2) is 4.21 Å². The van der Waals surface area contributed by atoms with Gasteiger partial charge in [0.1, 0.15) is 17.6 Å². The van der Waals surface area contributed by atoms with Gasteiger partial charge in [0.25, 0.3) is 0 Å². The van der Waals surface area contributed by atoms with E-state index in [-0.39, 0.29) is 12.2 Å². The maximum Gasteiger partial charge on any atom is 0.314 e. The molecule has 0 aliphatic heterocycles. The van der Waals surface area contributed by atoms with Crippen molar-refractivity contribution in [2.24, 2.45) is 0 Å². The van der Waals surface area contributed by atoms with Crippen LogP contribution in [0, 0.1) is 6.92 Å². The van der Waals surface area contributed by atoms with Gasteiger partial charge in [0.05, 0.1) is 28.4 Å². The fourth-order valence-corrected chi connectivity index (χ4v) is 3.59. The molecular formula is C20H18O5S. The van der Waals surface area contributed by atoms with E-state index in [1.807, 2.05) is 25.1 Å². The zero-order valence-electron chi connectivity index (χ0n) is 14.1. The summed E-state index contributed by atoms with van der Waals surface area (Å²) in [5.74, 6) is -0.103. The van der Waals surface area contributed by atoms with Crippen LogP contribution in [0.4, 0.5) is 0 Å². The Bertz CT molecular complexity index is 899. The fraction of sp³-hybridized carbons (Fsp3) is 0.150. The number of esters is 1. The van der Waals surface area contributed by atoms with Gasteiger partial charge in [-0.2, -0.15) is 0 Å². The van der Waals surface area contributed by atoms with Crippen LogP contribution in [-0.2, 0) is 15.6 Å². The number of hydrogen-bond donors (Lipinski definition) is 1. The van der Waals surface area contributed by atoms with Crippen LogP contribution in [0.2, 0.25) is 0 Å². The van der Waals surface area contributed by atoms with Crippen molar-refractivity contribution in [3.8, 4) is 5.75 Å². The molecule has 3 rings (SSSR count). The molecule has 5 nitrogen and oxygen atoms in total. The number of aryl methyl sites for hydroxylation is 1. The molecule has 0 amide bonds. The topological polar surface area (TPSA) is 76.7 Å². The molecule has 0 saturated carbocycles. The van der Waals surface area contributed by atoms with Gasteiger partial charge < -0.3 is 14.3 Å². The summed E-state index contributed by atoms with van der Waals surface area (Å²) < 4.78 is 23.2. The highest BCUT2D eigenvalue weighted by Gasteiger charge is 2.24. The molecule has 0 spiro atoms. The first-order chi connectivity index (χ1) is 12.5. The Morgan fingerprint density at radius 1 is 1.12 bits per heavy atom. The average molecular weight is 370 g/mol. The number of furan rings is 1. The molecule has 1 N–H and O–H groups in total. The van der Waals surface area contributed by atoms with E-state index in [0.717, 1.165) is 5.56 Å². The minimum Gasteiger partial charge on any atom is -0.465 e. The van der Waals surface area contributed by atoms with Gasteiger partial charge in [0, 0.05) is 4.90 Å². The second-order valence-electron chi connectivity index (χ2n) is 5.74. The number of aliphatic hydroxyl groups excluding tert-OH is 1. The first-order valence-corrected chi connectivity index (χ1v) is 9.19. The van der Waals surface area contributed by atoms with E-state index in [2.05, 4.69) is 0 Å². The van der Waals surface area contributed by atoms with Gasteiger partial charge >= 0.3 is 5.97 Å². The van der Waals surface area contributed by atoms with Crippen LogP contribution in [0.1, 0.15) is 23.8 Å². The molecule has 0 radical (unpaired) electrons. The molecule has 0 fully saturated rings. The largest absolute Gasteiger partial charge is 0.465 e. The summed E-state index contributed by atoms with van der Waals surface area (Å²) in [4.78, 5) is 12.9. The van der Waals surface area contributed by atoms with Crippen molar-refractivity contribution in [1.29, 1.82) is 0 Å². The van der Waals surface area contributed by atoms with E-state index < -0.39 is 22.9 Å². The van der Waals surface area contributed by atoms with Crippen LogP contribution in [0.5, 0.6) is 5.75 Å². The molecule has 1 aromatic heterocycles. The molecular weight excluding hydrogens is 352 g/mol. The van der Waals surface area contributed by atoms with Crippen molar-refractivity contribution in [1.82, 2.24) is 0 Å². The van der Waals surface area contributed by atoms with Crippen molar-refractivity contribution in [2.45, 2.75) is 29.2 Å². The molecule has 6 heteroatoms. The Labute approximate surface area is 153 Å². The van der Waals surface area contributed by atoms with Gasteiger partial charge in [-0.15, -0.1) is 0 Å². The Kier molecular flexibility index (Phi) is 5.65. The molecule has 0 unspecified atom stereocenters. The van der Waals surface area contributed by atoms with Crippen molar-refractivity contribution >= 4 is 16.8 Å². The van der Waals surface area contributed by atoms with Crippen molar-refractivity contribution in [2.75, 3.05) is 0 Å². The lowest BCUT2D eigenvalue weighted by molar-refractivity contribution is -0.136. The summed E-state index contributed by atoms with van der Waals surface area (Å²) in [7, 11) is -1.51.